The summed E-state index contributed by atoms with van der Waals surface area (Å²) in [6.45, 7) is 0. The molecule has 0 radical (unpaired) electrons. The molecule has 1 heterocycles. The smallest absolute Gasteiger partial charge is 0.104 e. The van der Waals surface area contributed by atoms with E-state index in [9.17, 15) is 0 Å². The van der Waals surface area contributed by atoms with Gasteiger partial charge in [0.25, 0.3) is 0 Å². The Kier molecular flexibility index (Phi) is 2.19. The molecule has 0 atom stereocenters. The van der Waals surface area contributed by atoms with Crippen molar-refractivity contribution in [3.05, 3.63) is 48.9 Å². The van der Waals surface area contributed by atoms with Gasteiger partial charge in [0.15, 0.2) is 0 Å². The van der Waals surface area contributed by atoms with Crippen LogP contribution in [0.2, 0.25) is 0 Å². The molecule has 2 rings (SSSR count). The molecule has 0 bridgehead atoms. The van der Waals surface area contributed by atoms with Crippen molar-refractivity contribution in [2.75, 3.05) is 0 Å². The Labute approximate surface area is 75.4 Å². The van der Waals surface area contributed by atoms with Crippen molar-refractivity contribution in [1.29, 1.82) is 0 Å². The van der Waals surface area contributed by atoms with Gasteiger partial charge in [-0.15, -0.1) is 0 Å². The fraction of sp³-hybridized carbons (Fsp3) is 0. The topological polar surface area (TPSA) is 13.1 Å². The zero-order chi connectivity index (χ0) is 8.23. The maximum atomic E-state index is 4.97. The van der Waals surface area contributed by atoms with E-state index in [1.165, 1.54) is 4.90 Å². The van der Waals surface area contributed by atoms with Gasteiger partial charge in [-0.2, -0.15) is 0 Å². The number of benzene rings is 1. The van der Waals surface area contributed by atoms with E-state index < -0.39 is 0 Å². The molecule has 1 aromatic carbocycles. The van der Waals surface area contributed by atoms with Crippen LogP contribution in [0.3, 0.4) is 0 Å². The van der Waals surface area contributed by atoms with Gasteiger partial charge in [0.1, 0.15) is 6.26 Å². The molecule has 2 heteroatoms. The van der Waals surface area contributed by atoms with Gasteiger partial charge in [0.05, 0.1) is 11.2 Å². The van der Waals surface area contributed by atoms with Gasteiger partial charge >= 0.3 is 0 Å². The van der Waals surface area contributed by atoms with Gasteiger partial charge in [-0.25, -0.2) is 0 Å². The van der Waals surface area contributed by atoms with Gasteiger partial charge in [-0.1, -0.05) is 30.0 Å². The molecule has 60 valence electrons. The normalized spacial score (nSPS) is 10.0. The van der Waals surface area contributed by atoms with Crippen molar-refractivity contribution in [3.8, 4) is 0 Å². The summed E-state index contributed by atoms with van der Waals surface area (Å²) in [5, 5.41) is 0. The van der Waals surface area contributed by atoms with E-state index >= 15 is 0 Å². The van der Waals surface area contributed by atoms with Crippen LogP contribution in [0.5, 0.6) is 0 Å². The lowest BCUT2D eigenvalue weighted by atomic mass is 10.4. The Bertz CT molecular complexity index is 326. The largest absolute Gasteiger partial charge is 0.471 e. The summed E-state index contributed by atoms with van der Waals surface area (Å²) in [5.41, 5.74) is 0. The summed E-state index contributed by atoms with van der Waals surface area (Å²) in [5.74, 6) is 0. The average molecular weight is 176 g/mol. The van der Waals surface area contributed by atoms with Gasteiger partial charge in [0, 0.05) is 4.90 Å². The summed E-state index contributed by atoms with van der Waals surface area (Å²) >= 11 is 1.70. The van der Waals surface area contributed by atoms with Crippen molar-refractivity contribution in [2.45, 2.75) is 9.79 Å². The summed E-state index contributed by atoms with van der Waals surface area (Å²) in [4.78, 5) is 2.38. The van der Waals surface area contributed by atoms with Crippen molar-refractivity contribution in [2.24, 2.45) is 0 Å². The number of furan rings is 1. The SMILES string of the molecule is c1ccc(Sc2ccoc2)cc1. The fourth-order valence-electron chi connectivity index (χ4n) is 0.935. The lowest BCUT2D eigenvalue weighted by Gasteiger charge is -1.95. The predicted molar refractivity (Wildman–Crippen MR) is 49.3 cm³/mol. The molecular weight excluding hydrogens is 168 g/mol. The van der Waals surface area contributed by atoms with Gasteiger partial charge in [0.2, 0.25) is 0 Å². The van der Waals surface area contributed by atoms with Crippen LogP contribution < -0.4 is 0 Å². The minimum Gasteiger partial charge on any atom is -0.471 e. The van der Waals surface area contributed by atoms with Crippen molar-refractivity contribution >= 4 is 11.8 Å². The monoisotopic (exact) mass is 176 g/mol. The summed E-state index contributed by atoms with van der Waals surface area (Å²) < 4.78 is 4.97. The lowest BCUT2D eigenvalue weighted by molar-refractivity contribution is 0.562. The molecular formula is C10H8OS. The van der Waals surface area contributed by atoms with Crippen LogP contribution in [0.15, 0.2) is 63.1 Å². The second kappa shape index (κ2) is 3.50. The Balaban J connectivity index is 2.15. The van der Waals surface area contributed by atoms with E-state index in [1.807, 2.05) is 24.3 Å². The Morgan fingerprint density at radius 2 is 1.75 bits per heavy atom. The molecule has 0 saturated carbocycles. The molecule has 12 heavy (non-hydrogen) atoms. The second-order valence-electron chi connectivity index (χ2n) is 2.37. The van der Waals surface area contributed by atoms with Crippen LogP contribution >= 0.6 is 11.8 Å². The first-order valence-corrected chi connectivity index (χ1v) is 4.52. The van der Waals surface area contributed by atoms with Crippen LogP contribution in [0.4, 0.5) is 0 Å². The highest BCUT2D eigenvalue weighted by Crippen LogP contribution is 2.26. The molecule has 0 aliphatic rings. The van der Waals surface area contributed by atoms with Gasteiger partial charge < -0.3 is 4.42 Å². The Morgan fingerprint density at radius 3 is 2.42 bits per heavy atom. The zero-order valence-corrected chi connectivity index (χ0v) is 7.25. The van der Waals surface area contributed by atoms with Crippen molar-refractivity contribution in [1.82, 2.24) is 0 Å². The molecule has 0 aliphatic heterocycles. The molecule has 0 N–H and O–H groups in total. The van der Waals surface area contributed by atoms with E-state index in [2.05, 4.69) is 12.1 Å². The molecule has 0 unspecified atom stereocenters. The summed E-state index contributed by atoms with van der Waals surface area (Å²) in [6.07, 6.45) is 3.43. The van der Waals surface area contributed by atoms with Crippen molar-refractivity contribution < 1.29 is 4.42 Å². The maximum absolute atomic E-state index is 4.97. The van der Waals surface area contributed by atoms with Crippen LogP contribution in [-0.4, -0.2) is 0 Å². The predicted octanol–water partition coefficient (Wildman–Crippen LogP) is 3.43. The molecule has 0 amide bonds. The Morgan fingerprint density at radius 1 is 0.917 bits per heavy atom. The number of hydrogen-bond donors (Lipinski definition) is 0. The average Bonchev–Trinajstić information content (AvgIpc) is 2.59. The van der Waals surface area contributed by atoms with Gasteiger partial charge in [-0.05, 0) is 18.2 Å². The van der Waals surface area contributed by atoms with E-state index in [1.54, 1.807) is 24.3 Å². The molecule has 2 aromatic rings. The van der Waals surface area contributed by atoms with Crippen LogP contribution in [0, 0.1) is 0 Å². The lowest BCUT2D eigenvalue weighted by Crippen LogP contribution is -1.66. The highest BCUT2D eigenvalue weighted by molar-refractivity contribution is 7.99. The highest BCUT2D eigenvalue weighted by Gasteiger charge is 1.95. The minimum atomic E-state index is 1.14. The standard InChI is InChI=1S/C10H8OS/c1-2-4-9(5-3-1)12-10-6-7-11-8-10/h1-8H. The first-order chi connectivity index (χ1) is 5.95. The minimum absolute atomic E-state index is 1.14. The first kappa shape index (κ1) is 7.50. The van der Waals surface area contributed by atoms with E-state index in [-0.39, 0.29) is 0 Å². The second-order valence-corrected chi connectivity index (χ2v) is 3.52. The van der Waals surface area contributed by atoms with Crippen LogP contribution in [0.1, 0.15) is 0 Å². The van der Waals surface area contributed by atoms with Crippen LogP contribution in [-0.2, 0) is 0 Å². The van der Waals surface area contributed by atoms with E-state index in [4.69, 9.17) is 4.42 Å². The third-order valence-electron chi connectivity index (χ3n) is 1.47. The molecule has 0 spiro atoms. The molecule has 1 nitrogen and oxygen atoms in total. The highest BCUT2D eigenvalue weighted by atomic mass is 32.2. The van der Waals surface area contributed by atoms with Crippen LogP contribution in [0.25, 0.3) is 0 Å². The third kappa shape index (κ3) is 1.71. The molecule has 0 aliphatic carbocycles. The number of hydrogen-bond acceptors (Lipinski definition) is 2. The van der Waals surface area contributed by atoms with E-state index in [0.29, 0.717) is 0 Å². The summed E-state index contributed by atoms with van der Waals surface area (Å²) in [6, 6.07) is 12.2. The van der Waals surface area contributed by atoms with Crippen molar-refractivity contribution in [3.63, 3.8) is 0 Å². The quantitative estimate of drug-likeness (QED) is 0.695. The zero-order valence-electron chi connectivity index (χ0n) is 6.44. The number of rotatable bonds is 2. The first-order valence-electron chi connectivity index (χ1n) is 3.70. The van der Waals surface area contributed by atoms with Gasteiger partial charge in [-0.3, -0.25) is 0 Å². The third-order valence-corrected chi connectivity index (χ3v) is 2.45. The Hall–Kier alpha value is -1.15. The molecule has 1 aromatic heterocycles. The molecule has 0 fully saturated rings. The van der Waals surface area contributed by atoms with E-state index in [0.717, 1.165) is 4.90 Å². The summed E-state index contributed by atoms with van der Waals surface area (Å²) in [7, 11) is 0. The fourth-order valence-corrected chi connectivity index (χ4v) is 1.73. The maximum Gasteiger partial charge on any atom is 0.104 e. The molecule has 0 saturated heterocycles.